The molecule has 1 fully saturated rings. The molecule has 0 saturated carbocycles. The summed E-state index contributed by atoms with van der Waals surface area (Å²) in [6.07, 6.45) is -1.69. The maximum absolute atomic E-state index is 12.5. The second-order valence-corrected chi connectivity index (χ2v) is 6.19. The number of rotatable bonds is 6. The van der Waals surface area contributed by atoms with Gasteiger partial charge in [0, 0.05) is 25.2 Å². The maximum Gasteiger partial charge on any atom is 0.416 e. The van der Waals surface area contributed by atoms with Crippen molar-refractivity contribution in [2.45, 2.75) is 25.1 Å². The highest BCUT2D eigenvalue weighted by Crippen LogP contribution is 2.29. The Hall–Kier alpha value is -2.61. The van der Waals surface area contributed by atoms with E-state index in [9.17, 15) is 18.0 Å². The van der Waals surface area contributed by atoms with Crippen LogP contribution in [0, 0.1) is 0 Å². The summed E-state index contributed by atoms with van der Waals surface area (Å²) in [6.45, 7) is 1.51. The Bertz CT molecular complexity index is 755. The summed E-state index contributed by atoms with van der Waals surface area (Å²) in [4.78, 5) is 16.2. The summed E-state index contributed by atoms with van der Waals surface area (Å²) in [5.41, 5.74) is 0.411. The van der Waals surface area contributed by atoms with E-state index in [1.807, 2.05) is 0 Å². The zero-order chi connectivity index (χ0) is 19.3. The van der Waals surface area contributed by atoms with Gasteiger partial charge < -0.3 is 14.8 Å². The number of carbonyl (C=O) groups is 1. The van der Waals surface area contributed by atoms with Crippen molar-refractivity contribution in [3.8, 4) is 5.88 Å². The Kier molecular flexibility index (Phi) is 5.95. The summed E-state index contributed by atoms with van der Waals surface area (Å²) < 4.78 is 48.4. The molecule has 1 aliphatic heterocycles. The van der Waals surface area contributed by atoms with Crippen molar-refractivity contribution in [3.63, 3.8) is 0 Å². The van der Waals surface area contributed by atoms with Crippen molar-refractivity contribution in [3.05, 3.63) is 59.3 Å². The van der Waals surface area contributed by atoms with Crippen LogP contribution in [0.25, 0.3) is 0 Å². The van der Waals surface area contributed by atoms with Crippen LogP contribution >= 0.6 is 0 Å². The molecule has 1 atom stereocenters. The standard InChI is InChI=1S/C19H19F3N2O3/c20-19(21,22)15-4-1-13(2-5-15)7-9-23-18(25)14-3-6-17(24-11-14)27-16-8-10-26-12-16/h1-6,11,16H,7-10,12H2,(H,23,25). The minimum atomic E-state index is -4.35. The summed E-state index contributed by atoms with van der Waals surface area (Å²) in [5, 5.41) is 2.72. The van der Waals surface area contributed by atoms with Crippen LogP contribution in [0.3, 0.4) is 0 Å². The highest BCUT2D eigenvalue weighted by Gasteiger charge is 2.29. The van der Waals surface area contributed by atoms with Crippen LogP contribution in [0.2, 0.25) is 0 Å². The van der Waals surface area contributed by atoms with E-state index >= 15 is 0 Å². The largest absolute Gasteiger partial charge is 0.472 e. The topological polar surface area (TPSA) is 60.5 Å². The van der Waals surface area contributed by atoms with Gasteiger partial charge in [0.05, 0.1) is 24.3 Å². The highest BCUT2D eigenvalue weighted by atomic mass is 19.4. The molecule has 0 bridgehead atoms. The van der Waals surface area contributed by atoms with E-state index in [4.69, 9.17) is 9.47 Å². The van der Waals surface area contributed by atoms with Gasteiger partial charge in [0.25, 0.3) is 5.91 Å². The molecular weight excluding hydrogens is 361 g/mol. The molecule has 1 N–H and O–H groups in total. The SMILES string of the molecule is O=C(NCCc1ccc(C(F)(F)F)cc1)c1ccc(OC2CCOC2)nc1. The molecule has 1 unspecified atom stereocenters. The summed E-state index contributed by atoms with van der Waals surface area (Å²) in [5.74, 6) is 0.136. The van der Waals surface area contributed by atoms with Gasteiger partial charge in [-0.25, -0.2) is 4.98 Å². The lowest BCUT2D eigenvalue weighted by Crippen LogP contribution is -2.26. The van der Waals surface area contributed by atoms with Crippen molar-refractivity contribution >= 4 is 5.91 Å². The molecule has 8 heteroatoms. The normalized spacial score (nSPS) is 16.9. The van der Waals surface area contributed by atoms with Crippen LogP contribution in [-0.4, -0.2) is 36.8 Å². The van der Waals surface area contributed by atoms with Crippen LogP contribution in [0.15, 0.2) is 42.6 Å². The number of amides is 1. The average Bonchev–Trinajstić information content (AvgIpc) is 3.15. The molecule has 27 heavy (non-hydrogen) atoms. The fourth-order valence-corrected chi connectivity index (χ4v) is 2.64. The first-order chi connectivity index (χ1) is 12.9. The van der Waals surface area contributed by atoms with Crippen molar-refractivity contribution in [2.24, 2.45) is 0 Å². The first kappa shape index (κ1) is 19.2. The molecule has 1 aliphatic rings. The first-order valence-corrected chi connectivity index (χ1v) is 8.56. The van der Waals surface area contributed by atoms with Crippen LogP contribution in [-0.2, 0) is 17.3 Å². The van der Waals surface area contributed by atoms with E-state index in [2.05, 4.69) is 10.3 Å². The number of ether oxygens (including phenoxy) is 2. The molecule has 2 heterocycles. The summed E-state index contributed by atoms with van der Waals surface area (Å²) >= 11 is 0. The Labute approximate surface area is 154 Å². The zero-order valence-corrected chi connectivity index (χ0v) is 14.5. The van der Waals surface area contributed by atoms with E-state index < -0.39 is 11.7 Å². The van der Waals surface area contributed by atoms with Crippen molar-refractivity contribution in [1.82, 2.24) is 10.3 Å². The van der Waals surface area contributed by atoms with Gasteiger partial charge in [0.2, 0.25) is 5.88 Å². The molecule has 1 amide bonds. The smallest absolute Gasteiger partial charge is 0.416 e. The quantitative estimate of drug-likeness (QED) is 0.836. The molecule has 0 radical (unpaired) electrons. The van der Waals surface area contributed by atoms with Gasteiger partial charge in [0.1, 0.15) is 6.10 Å². The lowest BCUT2D eigenvalue weighted by atomic mass is 10.1. The lowest BCUT2D eigenvalue weighted by Gasteiger charge is -2.11. The number of hydrogen-bond donors (Lipinski definition) is 1. The van der Waals surface area contributed by atoms with Crippen molar-refractivity contribution in [2.75, 3.05) is 19.8 Å². The first-order valence-electron chi connectivity index (χ1n) is 8.56. The number of nitrogens with one attached hydrogen (secondary N) is 1. The lowest BCUT2D eigenvalue weighted by molar-refractivity contribution is -0.137. The number of pyridine rings is 1. The molecule has 0 spiro atoms. The van der Waals surface area contributed by atoms with Gasteiger partial charge in [-0.05, 0) is 30.2 Å². The molecule has 1 saturated heterocycles. The van der Waals surface area contributed by atoms with Gasteiger partial charge >= 0.3 is 6.18 Å². The fourth-order valence-electron chi connectivity index (χ4n) is 2.64. The maximum atomic E-state index is 12.5. The number of nitrogens with zero attached hydrogens (tertiary/aromatic N) is 1. The van der Waals surface area contributed by atoms with Gasteiger partial charge in [0.15, 0.2) is 0 Å². The molecular formula is C19H19F3N2O3. The molecule has 5 nitrogen and oxygen atoms in total. The van der Waals surface area contributed by atoms with E-state index in [0.717, 1.165) is 18.6 Å². The number of aromatic nitrogens is 1. The number of carbonyl (C=O) groups excluding carboxylic acids is 1. The number of benzene rings is 1. The van der Waals surface area contributed by atoms with E-state index in [-0.39, 0.29) is 12.0 Å². The third-order valence-corrected chi connectivity index (χ3v) is 4.15. The zero-order valence-electron chi connectivity index (χ0n) is 14.5. The fraction of sp³-hybridized carbons (Fsp3) is 0.368. The third-order valence-electron chi connectivity index (χ3n) is 4.15. The molecule has 1 aromatic carbocycles. The molecule has 2 aromatic rings. The van der Waals surface area contributed by atoms with Crippen LogP contribution in [0.5, 0.6) is 5.88 Å². The Morgan fingerprint density at radius 3 is 2.59 bits per heavy atom. The number of alkyl halides is 3. The van der Waals surface area contributed by atoms with Crippen LogP contribution in [0.1, 0.15) is 27.9 Å². The summed E-state index contributed by atoms with van der Waals surface area (Å²) in [6, 6.07) is 8.14. The molecule has 1 aromatic heterocycles. The molecule has 144 valence electrons. The Morgan fingerprint density at radius 2 is 2.00 bits per heavy atom. The molecule has 0 aliphatic carbocycles. The minimum Gasteiger partial charge on any atom is -0.472 e. The predicted molar refractivity (Wildman–Crippen MR) is 91.6 cm³/mol. The van der Waals surface area contributed by atoms with Gasteiger partial charge in [-0.3, -0.25) is 4.79 Å². The minimum absolute atomic E-state index is 0.0130. The van der Waals surface area contributed by atoms with Gasteiger partial charge in [-0.15, -0.1) is 0 Å². The second-order valence-electron chi connectivity index (χ2n) is 6.19. The van der Waals surface area contributed by atoms with Crippen molar-refractivity contribution < 1.29 is 27.4 Å². The van der Waals surface area contributed by atoms with Crippen LogP contribution < -0.4 is 10.1 Å². The van der Waals surface area contributed by atoms with Gasteiger partial charge in [-0.1, -0.05) is 12.1 Å². The van der Waals surface area contributed by atoms with E-state index in [0.29, 0.717) is 43.2 Å². The Balaban J connectivity index is 1.46. The predicted octanol–water partition coefficient (Wildman–Crippen LogP) is 3.24. The summed E-state index contributed by atoms with van der Waals surface area (Å²) in [7, 11) is 0. The van der Waals surface area contributed by atoms with E-state index in [1.54, 1.807) is 12.1 Å². The van der Waals surface area contributed by atoms with Crippen LogP contribution in [0.4, 0.5) is 13.2 Å². The van der Waals surface area contributed by atoms with Gasteiger partial charge in [-0.2, -0.15) is 13.2 Å². The number of halogens is 3. The third kappa shape index (κ3) is 5.43. The highest BCUT2D eigenvalue weighted by molar-refractivity contribution is 5.93. The second kappa shape index (κ2) is 8.39. The van der Waals surface area contributed by atoms with Crippen molar-refractivity contribution in [1.29, 1.82) is 0 Å². The average molecular weight is 380 g/mol. The number of hydrogen-bond acceptors (Lipinski definition) is 4. The monoisotopic (exact) mass is 380 g/mol. The Morgan fingerprint density at radius 1 is 1.22 bits per heavy atom. The van der Waals surface area contributed by atoms with E-state index in [1.165, 1.54) is 18.3 Å². The molecule has 3 rings (SSSR count).